The van der Waals surface area contributed by atoms with Gasteiger partial charge >= 0.3 is 0 Å². The third-order valence-corrected chi connectivity index (χ3v) is 6.05. The number of nitrogens with zero attached hydrogens (tertiary/aromatic N) is 4. The predicted octanol–water partition coefficient (Wildman–Crippen LogP) is 3.38. The molecular weight excluding hydrogens is 398 g/mol. The molecule has 1 saturated heterocycles. The molecule has 146 valence electrons. The number of amides is 1. The summed E-state index contributed by atoms with van der Waals surface area (Å²) in [6.07, 6.45) is 3.72. The van der Waals surface area contributed by atoms with E-state index in [-0.39, 0.29) is 18.0 Å². The number of halogens is 1. The van der Waals surface area contributed by atoms with E-state index in [0.29, 0.717) is 27.0 Å². The summed E-state index contributed by atoms with van der Waals surface area (Å²) in [7, 11) is 0. The van der Waals surface area contributed by atoms with E-state index in [1.165, 1.54) is 28.7 Å². The Labute approximate surface area is 171 Å². The van der Waals surface area contributed by atoms with Crippen molar-refractivity contribution < 1.29 is 4.79 Å². The molecule has 0 aliphatic carbocycles. The Bertz CT molecular complexity index is 1080. The van der Waals surface area contributed by atoms with Gasteiger partial charge in [0.15, 0.2) is 10.8 Å². The van der Waals surface area contributed by atoms with E-state index >= 15 is 0 Å². The number of hydrogen-bond donors (Lipinski definition) is 1. The van der Waals surface area contributed by atoms with Crippen LogP contribution in [0.25, 0.3) is 10.3 Å². The Balaban J connectivity index is 1.54. The quantitative estimate of drug-likeness (QED) is 0.703. The lowest BCUT2D eigenvalue weighted by atomic mass is 10.0. The van der Waals surface area contributed by atoms with Gasteiger partial charge in [-0.25, -0.2) is 4.98 Å². The molecule has 0 radical (unpaired) electrons. The highest BCUT2D eigenvalue weighted by Gasteiger charge is 2.21. The summed E-state index contributed by atoms with van der Waals surface area (Å²) >= 11 is 7.28. The van der Waals surface area contributed by atoms with Crippen LogP contribution in [-0.2, 0) is 11.3 Å². The van der Waals surface area contributed by atoms with Crippen molar-refractivity contribution in [3.63, 3.8) is 0 Å². The molecule has 4 rings (SSSR count). The van der Waals surface area contributed by atoms with E-state index in [1.807, 2.05) is 0 Å². The van der Waals surface area contributed by atoms with Crippen molar-refractivity contribution in [1.82, 2.24) is 14.5 Å². The number of thiazole rings is 1. The maximum absolute atomic E-state index is 12.8. The normalized spacial score (nSPS) is 17.1. The van der Waals surface area contributed by atoms with Gasteiger partial charge in [0, 0.05) is 23.8 Å². The van der Waals surface area contributed by atoms with Gasteiger partial charge in [-0.05, 0) is 37.0 Å². The number of carbonyl (C=O) groups excluding carboxylic acids is 1. The van der Waals surface area contributed by atoms with Crippen LogP contribution in [0.4, 0.5) is 10.8 Å². The first kappa shape index (κ1) is 18.9. The topological polar surface area (TPSA) is 80.1 Å². The lowest BCUT2D eigenvalue weighted by Crippen LogP contribution is -2.34. The van der Waals surface area contributed by atoms with Crippen LogP contribution < -0.4 is 15.8 Å². The molecule has 0 unspecified atom stereocenters. The maximum Gasteiger partial charge on any atom is 0.273 e. The molecule has 3 aromatic rings. The van der Waals surface area contributed by atoms with Crippen LogP contribution in [0.5, 0.6) is 0 Å². The zero-order valence-electron chi connectivity index (χ0n) is 15.4. The number of hydrogen-bond acceptors (Lipinski definition) is 6. The van der Waals surface area contributed by atoms with Gasteiger partial charge in [0.05, 0.1) is 0 Å². The first-order chi connectivity index (χ1) is 13.5. The fraction of sp³-hybridized carbons (Fsp3) is 0.368. The van der Waals surface area contributed by atoms with E-state index in [2.05, 4.69) is 27.1 Å². The Kier molecular flexibility index (Phi) is 5.32. The molecule has 0 bridgehead atoms. The lowest BCUT2D eigenvalue weighted by Gasteiger charge is -2.30. The van der Waals surface area contributed by atoms with Gasteiger partial charge in [0.25, 0.3) is 5.56 Å². The standard InChI is InChI=1S/C19H20ClN5O2S/c1-12-4-3-7-24(9-12)19-23-17-16(28-19)18(27)25(11-21-17)10-15(26)22-14-6-2-5-13(20)8-14/h2,5-6,8,11-12H,3-4,7,9-10H2,1H3,(H,22,26)/t12-/m0/s1. The van der Waals surface area contributed by atoms with E-state index < -0.39 is 0 Å². The highest BCUT2D eigenvalue weighted by Crippen LogP contribution is 2.29. The van der Waals surface area contributed by atoms with E-state index in [4.69, 9.17) is 11.6 Å². The molecule has 0 spiro atoms. The van der Waals surface area contributed by atoms with Gasteiger partial charge < -0.3 is 10.2 Å². The highest BCUT2D eigenvalue weighted by molar-refractivity contribution is 7.22. The fourth-order valence-electron chi connectivity index (χ4n) is 3.37. The Morgan fingerprint density at radius 2 is 2.29 bits per heavy atom. The van der Waals surface area contributed by atoms with Gasteiger partial charge in [-0.1, -0.05) is 35.9 Å². The second-order valence-corrected chi connectivity index (χ2v) is 8.49. The average molecular weight is 418 g/mol. The van der Waals surface area contributed by atoms with Crippen molar-refractivity contribution in [3.8, 4) is 0 Å². The molecule has 1 aliphatic heterocycles. The molecule has 1 atom stereocenters. The van der Waals surface area contributed by atoms with E-state index in [9.17, 15) is 9.59 Å². The summed E-state index contributed by atoms with van der Waals surface area (Å²) in [5.41, 5.74) is 0.772. The molecule has 1 fully saturated rings. The molecule has 1 aromatic carbocycles. The largest absolute Gasteiger partial charge is 0.348 e. The van der Waals surface area contributed by atoms with Crippen molar-refractivity contribution in [2.75, 3.05) is 23.3 Å². The predicted molar refractivity (Wildman–Crippen MR) is 112 cm³/mol. The molecule has 2 aromatic heterocycles. The lowest BCUT2D eigenvalue weighted by molar-refractivity contribution is -0.116. The van der Waals surface area contributed by atoms with Crippen LogP contribution in [-0.4, -0.2) is 33.5 Å². The Morgan fingerprint density at radius 1 is 1.43 bits per heavy atom. The minimum absolute atomic E-state index is 0.123. The number of carbonyl (C=O) groups is 1. The van der Waals surface area contributed by atoms with Crippen LogP contribution in [0, 0.1) is 5.92 Å². The van der Waals surface area contributed by atoms with E-state index in [1.54, 1.807) is 24.3 Å². The van der Waals surface area contributed by atoms with Gasteiger partial charge in [-0.3, -0.25) is 14.2 Å². The molecule has 1 amide bonds. The zero-order valence-corrected chi connectivity index (χ0v) is 17.0. The number of nitrogens with one attached hydrogen (secondary N) is 1. The first-order valence-corrected chi connectivity index (χ1v) is 10.4. The minimum atomic E-state index is -0.319. The van der Waals surface area contributed by atoms with Crippen molar-refractivity contribution >= 4 is 50.0 Å². The molecular formula is C19H20ClN5O2S. The molecule has 9 heteroatoms. The van der Waals surface area contributed by atoms with Crippen molar-refractivity contribution in [2.24, 2.45) is 5.92 Å². The molecule has 28 heavy (non-hydrogen) atoms. The summed E-state index contributed by atoms with van der Waals surface area (Å²) in [6.45, 7) is 3.99. The van der Waals surface area contributed by atoms with Crippen molar-refractivity contribution in [3.05, 3.63) is 46.0 Å². The van der Waals surface area contributed by atoms with Gasteiger partial charge in [0.2, 0.25) is 5.91 Å². The van der Waals surface area contributed by atoms with Crippen molar-refractivity contribution in [2.45, 2.75) is 26.3 Å². The van der Waals surface area contributed by atoms with Crippen LogP contribution in [0.3, 0.4) is 0 Å². The van der Waals surface area contributed by atoms with Crippen LogP contribution in [0.1, 0.15) is 19.8 Å². The van der Waals surface area contributed by atoms with Gasteiger partial charge in [0.1, 0.15) is 17.6 Å². The summed E-state index contributed by atoms with van der Waals surface area (Å²) in [4.78, 5) is 36.2. The summed E-state index contributed by atoms with van der Waals surface area (Å²) < 4.78 is 1.79. The fourth-order valence-corrected chi connectivity index (χ4v) is 4.56. The molecule has 7 nitrogen and oxygen atoms in total. The Morgan fingerprint density at radius 3 is 3.07 bits per heavy atom. The van der Waals surface area contributed by atoms with E-state index in [0.717, 1.165) is 24.6 Å². The number of fused-ring (bicyclic) bond motifs is 1. The smallest absolute Gasteiger partial charge is 0.273 e. The SMILES string of the molecule is C[C@H]1CCCN(c2nc3ncn(CC(=O)Nc4cccc(Cl)c4)c(=O)c3s2)C1. The van der Waals surface area contributed by atoms with Crippen LogP contribution in [0.15, 0.2) is 35.4 Å². The number of anilines is 2. The molecule has 1 aliphatic rings. The number of aromatic nitrogens is 3. The van der Waals surface area contributed by atoms with Gasteiger partial charge in [-0.15, -0.1) is 0 Å². The summed E-state index contributed by atoms with van der Waals surface area (Å²) in [6, 6.07) is 6.86. The average Bonchev–Trinajstić information content (AvgIpc) is 3.09. The third kappa shape index (κ3) is 4.02. The monoisotopic (exact) mass is 417 g/mol. The second-order valence-electron chi connectivity index (χ2n) is 7.08. The third-order valence-electron chi connectivity index (χ3n) is 4.72. The number of piperidine rings is 1. The molecule has 0 saturated carbocycles. The summed E-state index contributed by atoms with van der Waals surface area (Å²) in [5.74, 6) is 0.292. The van der Waals surface area contributed by atoms with Crippen LogP contribution in [0.2, 0.25) is 5.02 Å². The second kappa shape index (κ2) is 7.89. The molecule has 1 N–H and O–H groups in total. The molecule has 3 heterocycles. The zero-order chi connectivity index (χ0) is 19.7. The first-order valence-electron chi connectivity index (χ1n) is 9.16. The highest BCUT2D eigenvalue weighted by atomic mass is 35.5. The number of rotatable bonds is 4. The van der Waals surface area contributed by atoms with Crippen LogP contribution >= 0.6 is 22.9 Å². The summed E-state index contributed by atoms with van der Waals surface area (Å²) in [5, 5.41) is 4.09. The van der Waals surface area contributed by atoms with Crippen molar-refractivity contribution in [1.29, 1.82) is 0 Å². The van der Waals surface area contributed by atoms with Gasteiger partial charge in [-0.2, -0.15) is 4.98 Å². The minimum Gasteiger partial charge on any atom is -0.348 e. The number of benzene rings is 1. The Hall–Kier alpha value is -2.45. The maximum atomic E-state index is 12.8.